The standard InChI is InChI=1S/C19H11Cl2NO4/c20-13-3-1-2-12(10-13)18(23)8-5-15-6-9-19(26-15)16-7-4-14(21)11-17(16)22(24)25/h1-11H/b8-5+. The van der Waals surface area contributed by atoms with Gasteiger partial charge in [-0.2, -0.15) is 0 Å². The highest BCUT2D eigenvalue weighted by atomic mass is 35.5. The quantitative estimate of drug-likeness (QED) is 0.231. The molecule has 0 saturated heterocycles. The Morgan fingerprint density at radius 1 is 1.04 bits per heavy atom. The smallest absolute Gasteiger partial charge is 0.281 e. The van der Waals surface area contributed by atoms with E-state index < -0.39 is 4.92 Å². The van der Waals surface area contributed by atoms with Crippen molar-refractivity contribution in [2.45, 2.75) is 0 Å². The highest BCUT2D eigenvalue weighted by Crippen LogP contribution is 2.33. The van der Waals surface area contributed by atoms with E-state index in [4.69, 9.17) is 27.6 Å². The van der Waals surface area contributed by atoms with Crippen LogP contribution in [-0.4, -0.2) is 10.7 Å². The van der Waals surface area contributed by atoms with E-state index in [1.54, 1.807) is 42.5 Å². The number of hydrogen-bond donors (Lipinski definition) is 0. The zero-order chi connectivity index (χ0) is 18.7. The first-order valence-electron chi connectivity index (χ1n) is 7.46. The molecular formula is C19H11Cl2NO4. The van der Waals surface area contributed by atoms with Gasteiger partial charge < -0.3 is 4.42 Å². The number of nitro groups is 1. The van der Waals surface area contributed by atoms with E-state index in [1.807, 2.05) is 0 Å². The van der Waals surface area contributed by atoms with Crippen molar-refractivity contribution in [3.8, 4) is 11.3 Å². The Morgan fingerprint density at radius 3 is 2.54 bits per heavy atom. The Morgan fingerprint density at radius 2 is 1.81 bits per heavy atom. The van der Waals surface area contributed by atoms with Gasteiger partial charge in [0.15, 0.2) is 5.78 Å². The number of benzene rings is 2. The number of allylic oxidation sites excluding steroid dienone is 1. The van der Waals surface area contributed by atoms with E-state index in [2.05, 4.69) is 0 Å². The number of hydrogen-bond acceptors (Lipinski definition) is 4. The minimum atomic E-state index is -0.526. The lowest BCUT2D eigenvalue weighted by Gasteiger charge is -2.00. The molecule has 0 N–H and O–H groups in total. The second-order valence-corrected chi connectivity index (χ2v) is 6.20. The predicted octanol–water partition coefficient (Wildman–Crippen LogP) is 6.06. The summed E-state index contributed by atoms with van der Waals surface area (Å²) in [6, 6.07) is 14.1. The molecule has 0 fully saturated rings. The van der Waals surface area contributed by atoms with Gasteiger partial charge in [0.25, 0.3) is 5.69 Å². The van der Waals surface area contributed by atoms with Crippen molar-refractivity contribution >= 4 is 40.7 Å². The monoisotopic (exact) mass is 387 g/mol. The van der Waals surface area contributed by atoms with Crippen molar-refractivity contribution in [1.82, 2.24) is 0 Å². The average Bonchev–Trinajstić information content (AvgIpc) is 3.08. The molecule has 0 bridgehead atoms. The molecule has 3 rings (SSSR count). The fourth-order valence-corrected chi connectivity index (χ4v) is 2.70. The fourth-order valence-electron chi connectivity index (χ4n) is 2.35. The van der Waals surface area contributed by atoms with Crippen molar-refractivity contribution in [3.63, 3.8) is 0 Å². The molecule has 1 heterocycles. The van der Waals surface area contributed by atoms with Crippen LogP contribution in [0.1, 0.15) is 16.1 Å². The molecule has 1 aromatic heterocycles. The largest absolute Gasteiger partial charge is 0.456 e. The first-order chi connectivity index (χ1) is 12.4. The molecule has 0 radical (unpaired) electrons. The third kappa shape index (κ3) is 4.02. The molecule has 0 aliphatic rings. The first-order valence-corrected chi connectivity index (χ1v) is 8.22. The van der Waals surface area contributed by atoms with E-state index in [0.29, 0.717) is 27.7 Å². The lowest BCUT2D eigenvalue weighted by molar-refractivity contribution is -0.384. The lowest BCUT2D eigenvalue weighted by atomic mass is 10.1. The van der Waals surface area contributed by atoms with Crippen LogP contribution in [0.2, 0.25) is 10.0 Å². The molecule has 5 nitrogen and oxygen atoms in total. The Bertz CT molecular complexity index is 1020. The van der Waals surface area contributed by atoms with Gasteiger partial charge in [-0.1, -0.05) is 35.3 Å². The Kier molecular flexibility index (Phi) is 5.21. The van der Waals surface area contributed by atoms with Crippen molar-refractivity contribution in [1.29, 1.82) is 0 Å². The Hall–Kier alpha value is -2.89. The molecule has 0 aliphatic carbocycles. The number of nitro benzene ring substituents is 1. The zero-order valence-corrected chi connectivity index (χ0v) is 14.7. The maximum atomic E-state index is 12.1. The highest BCUT2D eigenvalue weighted by molar-refractivity contribution is 6.31. The molecule has 2 aromatic carbocycles. The molecule has 0 aliphatic heterocycles. The Balaban J connectivity index is 1.85. The van der Waals surface area contributed by atoms with Gasteiger partial charge in [0.05, 0.1) is 10.5 Å². The van der Waals surface area contributed by atoms with E-state index in [-0.39, 0.29) is 16.5 Å². The minimum Gasteiger partial charge on any atom is -0.456 e. The van der Waals surface area contributed by atoms with Crippen LogP contribution in [0.5, 0.6) is 0 Å². The minimum absolute atomic E-state index is 0.155. The van der Waals surface area contributed by atoms with E-state index in [1.165, 1.54) is 24.3 Å². The molecule has 0 atom stereocenters. The number of carbonyl (C=O) groups is 1. The summed E-state index contributed by atoms with van der Waals surface area (Å²) in [5.74, 6) is 0.464. The second-order valence-electron chi connectivity index (χ2n) is 5.33. The van der Waals surface area contributed by atoms with Crippen molar-refractivity contribution in [2.75, 3.05) is 0 Å². The topological polar surface area (TPSA) is 73.3 Å². The zero-order valence-electron chi connectivity index (χ0n) is 13.2. The summed E-state index contributed by atoms with van der Waals surface area (Å²) in [6.07, 6.45) is 2.85. The van der Waals surface area contributed by atoms with Crippen molar-refractivity contribution in [2.24, 2.45) is 0 Å². The Labute approximate surface area is 158 Å². The molecule has 0 unspecified atom stereocenters. The third-order valence-corrected chi connectivity index (χ3v) is 4.03. The van der Waals surface area contributed by atoms with Crippen LogP contribution in [0.15, 0.2) is 65.1 Å². The van der Waals surface area contributed by atoms with Gasteiger partial charge in [0.1, 0.15) is 11.5 Å². The van der Waals surface area contributed by atoms with Crippen LogP contribution in [0, 0.1) is 10.1 Å². The molecule has 130 valence electrons. The number of ketones is 1. The molecule has 0 amide bonds. The maximum Gasteiger partial charge on any atom is 0.281 e. The van der Waals surface area contributed by atoms with Crippen LogP contribution in [0.25, 0.3) is 17.4 Å². The number of furan rings is 1. The van der Waals surface area contributed by atoms with Crippen LogP contribution in [0.3, 0.4) is 0 Å². The van der Waals surface area contributed by atoms with E-state index in [0.717, 1.165) is 0 Å². The number of rotatable bonds is 5. The summed E-state index contributed by atoms with van der Waals surface area (Å²) in [7, 11) is 0. The van der Waals surface area contributed by atoms with Gasteiger partial charge >= 0.3 is 0 Å². The summed E-state index contributed by atoms with van der Waals surface area (Å²) < 4.78 is 5.60. The maximum absolute atomic E-state index is 12.1. The summed E-state index contributed by atoms with van der Waals surface area (Å²) in [5, 5.41) is 11.9. The summed E-state index contributed by atoms with van der Waals surface area (Å²) in [6.45, 7) is 0. The molecular weight excluding hydrogens is 377 g/mol. The normalized spacial score (nSPS) is 11.0. The number of nitrogens with zero attached hydrogens (tertiary/aromatic N) is 1. The van der Waals surface area contributed by atoms with Gasteiger partial charge in [-0.3, -0.25) is 14.9 Å². The van der Waals surface area contributed by atoms with Gasteiger partial charge in [-0.15, -0.1) is 0 Å². The molecule has 3 aromatic rings. The first kappa shape index (κ1) is 17.9. The van der Waals surface area contributed by atoms with Gasteiger partial charge in [0.2, 0.25) is 0 Å². The van der Waals surface area contributed by atoms with Crippen LogP contribution in [0.4, 0.5) is 5.69 Å². The van der Waals surface area contributed by atoms with Crippen molar-refractivity contribution in [3.05, 3.63) is 92.2 Å². The second kappa shape index (κ2) is 7.56. The van der Waals surface area contributed by atoms with Gasteiger partial charge in [-0.25, -0.2) is 0 Å². The molecule has 0 saturated carbocycles. The average molecular weight is 388 g/mol. The van der Waals surface area contributed by atoms with Crippen LogP contribution in [-0.2, 0) is 0 Å². The molecule has 0 spiro atoms. The van der Waals surface area contributed by atoms with Crippen LogP contribution < -0.4 is 0 Å². The predicted molar refractivity (Wildman–Crippen MR) is 101 cm³/mol. The van der Waals surface area contributed by atoms with Crippen molar-refractivity contribution < 1.29 is 14.1 Å². The fraction of sp³-hybridized carbons (Fsp3) is 0. The number of halogens is 2. The van der Waals surface area contributed by atoms with Gasteiger partial charge in [-0.05, 0) is 48.6 Å². The molecule has 26 heavy (non-hydrogen) atoms. The van der Waals surface area contributed by atoms with Gasteiger partial charge in [0, 0.05) is 21.7 Å². The summed E-state index contributed by atoms with van der Waals surface area (Å²) >= 11 is 11.7. The molecule has 7 heteroatoms. The lowest BCUT2D eigenvalue weighted by Crippen LogP contribution is -1.93. The number of carbonyl (C=O) groups excluding carboxylic acids is 1. The van der Waals surface area contributed by atoms with E-state index >= 15 is 0 Å². The van der Waals surface area contributed by atoms with E-state index in [9.17, 15) is 14.9 Å². The highest BCUT2D eigenvalue weighted by Gasteiger charge is 2.18. The third-order valence-electron chi connectivity index (χ3n) is 3.56. The van der Waals surface area contributed by atoms with Crippen LogP contribution >= 0.6 is 23.2 Å². The SMILES string of the molecule is O=C(/C=C/c1ccc(-c2ccc(Cl)cc2[N+](=O)[O-])o1)c1cccc(Cl)c1. The summed E-state index contributed by atoms with van der Waals surface area (Å²) in [4.78, 5) is 22.8. The summed E-state index contributed by atoms with van der Waals surface area (Å²) in [5.41, 5.74) is 0.603.